The Morgan fingerprint density at radius 3 is 2.74 bits per heavy atom. The molecule has 7 heteroatoms. The number of nitrogens with two attached hydrogens (primary N) is 1. The summed E-state index contributed by atoms with van der Waals surface area (Å²) >= 11 is 1.68. The number of benzene rings is 1. The summed E-state index contributed by atoms with van der Waals surface area (Å²) in [6, 6.07) is 4.41. The number of sulfonamides is 1. The summed E-state index contributed by atoms with van der Waals surface area (Å²) in [5.41, 5.74) is 6.02. The van der Waals surface area contributed by atoms with Gasteiger partial charge >= 0.3 is 0 Å². The molecule has 1 unspecified atom stereocenters. The normalized spacial score (nSPS) is 13.2. The molecule has 0 saturated heterocycles. The van der Waals surface area contributed by atoms with Gasteiger partial charge in [0.25, 0.3) is 0 Å². The van der Waals surface area contributed by atoms with Crippen molar-refractivity contribution in [3.05, 3.63) is 18.2 Å². The Kier molecular flexibility index (Phi) is 5.96. The Labute approximate surface area is 119 Å². The Morgan fingerprint density at radius 2 is 2.16 bits per heavy atom. The van der Waals surface area contributed by atoms with Gasteiger partial charge in [0, 0.05) is 17.5 Å². The van der Waals surface area contributed by atoms with Crippen molar-refractivity contribution >= 4 is 27.5 Å². The van der Waals surface area contributed by atoms with Crippen LogP contribution in [0.2, 0.25) is 0 Å². The van der Waals surface area contributed by atoms with E-state index in [2.05, 4.69) is 4.72 Å². The molecular formula is C12H20N2O3S2. The summed E-state index contributed by atoms with van der Waals surface area (Å²) < 4.78 is 32.3. The van der Waals surface area contributed by atoms with Crippen LogP contribution in [0, 0.1) is 0 Å². The smallest absolute Gasteiger partial charge is 0.244 e. The Bertz CT molecular complexity index is 518. The molecule has 0 aromatic heterocycles. The highest BCUT2D eigenvalue weighted by molar-refractivity contribution is 7.99. The molecule has 108 valence electrons. The zero-order valence-corrected chi connectivity index (χ0v) is 13.0. The number of hydrogen-bond acceptors (Lipinski definition) is 5. The highest BCUT2D eigenvalue weighted by Crippen LogP contribution is 2.26. The molecule has 3 N–H and O–H groups in total. The molecule has 0 aliphatic rings. The fourth-order valence-corrected chi connectivity index (χ4v) is 3.79. The van der Waals surface area contributed by atoms with Gasteiger partial charge in [-0.1, -0.05) is 6.92 Å². The fourth-order valence-electron chi connectivity index (χ4n) is 1.56. The van der Waals surface area contributed by atoms with Crippen LogP contribution in [0.4, 0.5) is 5.69 Å². The predicted octanol–water partition coefficient (Wildman–Crippen LogP) is 1.70. The summed E-state index contributed by atoms with van der Waals surface area (Å²) in [5.74, 6) is 1.96. The van der Waals surface area contributed by atoms with Crippen molar-refractivity contribution in [3.63, 3.8) is 0 Å². The van der Waals surface area contributed by atoms with Gasteiger partial charge in [-0.2, -0.15) is 11.8 Å². The van der Waals surface area contributed by atoms with E-state index >= 15 is 0 Å². The summed E-state index contributed by atoms with van der Waals surface area (Å²) in [5, 5.41) is 0. The number of ether oxygens (including phenoxy) is 1. The van der Waals surface area contributed by atoms with E-state index in [1.54, 1.807) is 23.9 Å². The van der Waals surface area contributed by atoms with Crippen LogP contribution in [0.25, 0.3) is 0 Å². The molecule has 5 nitrogen and oxygen atoms in total. The first kappa shape index (κ1) is 16.1. The van der Waals surface area contributed by atoms with E-state index < -0.39 is 10.0 Å². The molecular weight excluding hydrogens is 284 g/mol. The average molecular weight is 304 g/mol. The summed E-state index contributed by atoms with van der Waals surface area (Å²) in [6.45, 7) is 3.87. The number of nitrogen functional groups attached to an aromatic ring is 1. The van der Waals surface area contributed by atoms with Gasteiger partial charge in [-0.25, -0.2) is 13.1 Å². The van der Waals surface area contributed by atoms with Gasteiger partial charge in [0.1, 0.15) is 10.6 Å². The molecule has 0 heterocycles. The zero-order valence-electron chi connectivity index (χ0n) is 11.3. The van der Waals surface area contributed by atoms with E-state index in [-0.39, 0.29) is 16.7 Å². The molecule has 0 radical (unpaired) electrons. The molecule has 0 amide bonds. The van der Waals surface area contributed by atoms with Crippen LogP contribution in [-0.4, -0.2) is 33.1 Å². The van der Waals surface area contributed by atoms with E-state index in [0.29, 0.717) is 5.69 Å². The molecule has 0 aliphatic carbocycles. The molecule has 0 fully saturated rings. The first-order valence-electron chi connectivity index (χ1n) is 5.94. The topological polar surface area (TPSA) is 81.4 Å². The van der Waals surface area contributed by atoms with Crippen LogP contribution in [0.5, 0.6) is 5.75 Å². The highest BCUT2D eigenvalue weighted by Gasteiger charge is 2.21. The lowest BCUT2D eigenvalue weighted by Gasteiger charge is -2.15. The maximum Gasteiger partial charge on any atom is 0.244 e. The van der Waals surface area contributed by atoms with E-state index in [4.69, 9.17) is 10.5 Å². The van der Waals surface area contributed by atoms with E-state index in [1.807, 2.05) is 13.8 Å². The number of methoxy groups -OCH3 is 1. The monoisotopic (exact) mass is 304 g/mol. The number of rotatable bonds is 7. The third-order valence-corrected chi connectivity index (χ3v) is 5.16. The van der Waals surface area contributed by atoms with Crippen molar-refractivity contribution < 1.29 is 13.2 Å². The minimum absolute atomic E-state index is 0.0725. The van der Waals surface area contributed by atoms with Gasteiger partial charge in [-0.05, 0) is 30.9 Å². The predicted molar refractivity (Wildman–Crippen MR) is 80.2 cm³/mol. The molecule has 0 saturated carbocycles. The molecule has 1 aromatic rings. The lowest BCUT2D eigenvalue weighted by Crippen LogP contribution is -2.34. The SMILES string of the molecule is CCSCC(C)NS(=O)(=O)c1cc(N)ccc1OC. The van der Waals surface area contributed by atoms with Crippen LogP contribution in [0.1, 0.15) is 13.8 Å². The van der Waals surface area contributed by atoms with E-state index in [9.17, 15) is 8.42 Å². The van der Waals surface area contributed by atoms with Crippen molar-refractivity contribution in [2.45, 2.75) is 24.8 Å². The zero-order chi connectivity index (χ0) is 14.5. The third kappa shape index (κ3) is 4.59. The first-order valence-corrected chi connectivity index (χ1v) is 8.58. The molecule has 0 spiro atoms. The van der Waals surface area contributed by atoms with Gasteiger partial charge in [0.15, 0.2) is 0 Å². The fraction of sp³-hybridized carbons (Fsp3) is 0.500. The van der Waals surface area contributed by atoms with Crippen molar-refractivity contribution in [3.8, 4) is 5.75 Å². The van der Waals surface area contributed by atoms with Crippen molar-refractivity contribution in [1.29, 1.82) is 0 Å². The molecule has 1 atom stereocenters. The second-order valence-electron chi connectivity index (χ2n) is 4.09. The van der Waals surface area contributed by atoms with E-state index in [0.717, 1.165) is 11.5 Å². The van der Waals surface area contributed by atoms with Gasteiger partial charge in [-0.3, -0.25) is 0 Å². The molecule has 0 aliphatic heterocycles. The maximum absolute atomic E-state index is 12.3. The third-order valence-electron chi connectivity index (χ3n) is 2.41. The van der Waals surface area contributed by atoms with Crippen molar-refractivity contribution in [2.75, 3.05) is 24.3 Å². The minimum Gasteiger partial charge on any atom is -0.495 e. The first-order chi connectivity index (χ1) is 8.90. The lowest BCUT2D eigenvalue weighted by atomic mass is 10.3. The van der Waals surface area contributed by atoms with Gasteiger partial charge in [0.05, 0.1) is 7.11 Å². The summed E-state index contributed by atoms with van der Waals surface area (Å²) in [7, 11) is -2.19. The quantitative estimate of drug-likeness (QED) is 0.749. The second-order valence-corrected chi connectivity index (χ2v) is 7.09. The van der Waals surface area contributed by atoms with E-state index in [1.165, 1.54) is 13.2 Å². The van der Waals surface area contributed by atoms with Gasteiger partial charge in [0.2, 0.25) is 10.0 Å². The van der Waals surface area contributed by atoms with Crippen LogP contribution in [0.3, 0.4) is 0 Å². The Morgan fingerprint density at radius 1 is 1.47 bits per heavy atom. The van der Waals surface area contributed by atoms with Crippen LogP contribution in [0.15, 0.2) is 23.1 Å². The largest absolute Gasteiger partial charge is 0.495 e. The summed E-state index contributed by atoms with van der Waals surface area (Å²) in [6.07, 6.45) is 0. The van der Waals surface area contributed by atoms with Gasteiger partial charge in [-0.15, -0.1) is 0 Å². The maximum atomic E-state index is 12.3. The van der Waals surface area contributed by atoms with Crippen LogP contribution < -0.4 is 15.2 Å². The summed E-state index contributed by atoms with van der Waals surface area (Å²) in [4.78, 5) is 0.0725. The highest BCUT2D eigenvalue weighted by atomic mass is 32.2. The van der Waals surface area contributed by atoms with Crippen molar-refractivity contribution in [1.82, 2.24) is 4.72 Å². The Balaban J connectivity index is 2.96. The second kappa shape index (κ2) is 7.02. The van der Waals surface area contributed by atoms with Gasteiger partial charge < -0.3 is 10.5 Å². The molecule has 19 heavy (non-hydrogen) atoms. The Hall–Kier alpha value is -0.920. The van der Waals surface area contributed by atoms with Crippen molar-refractivity contribution in [2.24, 2.45) is 0 Å². The van der Waals surface area contributed by atoms with Crippen LogP contribution >= 0.6 is 11.8 Å². The van der Waals surface area contributed by atoms with Crippen LogP contribution in [-0.2, 0) is 10.0 Å². The minimum atomic E-state index is -3.62. The lowest BCUT2D eigenvalue weighted by molar-refractivity contribution is 0.402. The number of nitrogens with one attached hydrogen (secondary N) is 1. The molecule has 1 aromatic carbocycles. The standard InChI is InChI=1S/C12H20N2O3S2/c1-4-18-8-9(2)14-19(15,16)12-7-10(13)5-6-11(12)17-3/h5-7,9,14H,4,8,13H2,1-3H3. The number of anilines is 1. The number of thioether (sulfide) groups is 1. The average Bonchev–Trinajstić information content (AvgIpc) is 2.35. The number of hydrogen-bond donors (Lipinski definition) is 2. The molecule has 0 bridgehead atoms. The molecule has 1 rings (SSSR count).